The zero-order chi connectivity index (χ0) is 12.5. The van der Waals surface area contributed by atoms with Gasteiger partial charge in [-0.15, -0.1) is 0 Å². The fourth-order valence-electron chi connectivity index (χ4n) is 2.01. The van der Waals surface area contributed by atoms with Crippen molar-refractivity contribution < 1.29 is 4.79 Å². The van der Waals surface area contributed by atoms with E-state index >= 15 is 0 Å². The summed E-state index contributed by atoms with van der Waals surface area (Å²) in [5, 5.41) is 5.91. The third kappa shape index (κ3) is 1.68. The summed E-state index contributed by atoms with van der Waals surface area (Å²) in [6.07, 6.45) is 6.77. The molecule has 0 radical (unpaired) electrons. The van der Waals surface area contributed by atoms with Gasteiger partial charge in [0.25, 0.3) is 0 Å². The molecule has 0 aliphatic heterocycles. The zero-order valence-electron chi connectivity index (χ0n) is 9.87. The fraction of sp³-hybridized carbons (Fsp3) is 0.0714. The van der Waals surface area contributed by atoms with Gasteiger partial charge < -0.3 is 0 Å². The average molecular weight is 237 g/mol. The SMILES string of the molecule is Cn1cc(C(=O)c2cccc3cnccc23)cn1. The van der Waals surface area contributed by atoms with Crippen LogP contribution in [-0.4, -0.2) is 20.5 Å². The molecule has 0 spiro atoms. The third-order valence-electron chi connectivity index (χ3n) is 2.89. The van der Waals surface area contributed by atoms with E-state index in [1.807, 2.05) is 24.3 Å². The molecule has 2 aromatic heterocycles. The number of fused-ring (bicyclic) bond motifs is 1. The molecule has 88 valence electrons. The standard InChI is InChI=1S/C14H11N3O/c1-17-9-11(8-16-17)14(18)13-4-2-3-10-7-15-6-5-12(10)13/h2-9H,1H3. The van der Waals surface area contributed by atoms with Crippen LogP contribution in [0.4, 0.5) is 0 Å². The highest BCUT2D eigenvalue weighted by molar-refractivity contribution is 6.16. The van der Waals surface area contributed by atoms with E-state index in [-0.39, 0.29) is 5.78 Å². The van der Waals surface area contributed by atoms with Crippen LogP contribution in [0.3, 0.4) is 0 Å². The Morgan fingerprint density at radius 2 is 2.11 bits per heavy atom. The van der Waals surface area contributed by atoms with Gasteiger partial charge in [-0.1, -0.05) is 18.2 Å². The first-order valence-electron chi connectivity index (χ1n) is 5.62. The third-order valence-corrected chi connectivity index (χ3v) is 2.89. The molecule has 3 rings (SSSR count). The highest BCUT2D eigenvalue weighted by Crippen LogP contribution is 2.20. The summed E-state index contributed by atoms with van der Waals surface area (Å²) in [6.45, 7) is 0. The van der Waals surface area contributed by atoms with Crippen molar-refractivity contribution in [2.24, 2.45) is 7.05 Å². The van der Waals surface area contributed by atoms with Crippen LogP contribution in [0.5, 0.6) is 0 Å². The number of rotatable bonds is 2. The Labute approximate surface area is 104 Å². The second kappa shape index (κ2) is 4.07. The lowest BCUT2D eigenvalue weighted by atomic mass is 10.0. The van der Waals surface area contributed by atoms with Gasteiger partial charge in [0, 0.05) is 36.6 Å². The van der Waals surface area contributed by atoms with Crippen molar-refractivity contribution in [3.63, 3.8) is 0 Å². The topological polar surface area (TPSA) is 47.8 Å². The van der Waals surface area contributed by atoms with E-state index in [9.17, 15) is 4.79 Å². The molecule has 0 saturated heterocycles. The lowest BCUT2D eigenvalue weighted by Gasteiger charge is -2.03. The smallest absolute Gasteiger partial charge is 0.196 e. The first-order chi connectivity index (χ1) is 8.75. The van der Waals surface area contributed by atoms with Crippen LogP contribution in [0.25, 0.3) is 10.8 Å². The Bertz CT molecular complexity index is 725. The number of ketones is 1. The van der Waals surface area contributed by atoms with Crippen molar-refractivity contribution in [1.29, 1.82) is 0 Å². The number of benzene rings is 1. The van der Waals surface area contributed by atoms with E-state index in [0.29, 0.717) is 11.1 Å². The fourth-order valence-corrected chi connectivity index (χ4v) is 2.01. The van der Waals surface area contributed by atoms with Crippen LogP contribution < -0.4 is 0 Å². The normalized spacial score (nSPS) is 10.7. The van der Waals surface area contributed by atoms with Crippen molar-refractivity contribution in [2.75, 3.05) is 0 Å². The van der Waals surface area contributed by atoms with Crippen molar-refractivity contribution >= 4 is 16.6 Å². The van der Waals surface area contributed by atoms with Gasteiger partial charge in [-0.25, -0.2) is 0 Å². The number of hydrogen-bond donors (Lipinski definition) is 0. The number of aromatic nitrogens is 3. The van der Waals surface area contributed by atoms with E-state index in [1.165, 1.54) is 0 Å². The molecule has 18 heavy (non-hydrogen) atoms. The molecule has 0 aliphatic rings. The van der Waals surface area contributed by atoms with E-state index in [0.717, 1.165) is 10.8 Å². The van der Waals surface area contributed by atoms with Gasteiger partial charge in [0.2, 0.25) is 0 Å². The lowest BCUT2D eigenvalue weighted by molar-refractivity contribution is 0.104. The molecule has 0 N–H and O–H groups in total. The molecular formula is C14H11N3O. The molecule has 4 nitrogen and oxygen atoms in total. The second-order valence-corrected chi connectivity index (χ2v) is 4.13. The number of aryl methyl sites for hydroxylation is 1. The van der Waals surface area contributed by atoms with Gasteiger partial charge in [-0.05, 0) is 11.5 Å². The minimum Gasteiger partial charge on any atom is -0.288 e. The highest BCUT2D eigenvalue weighted by atomic mass is 16.1. The van der Waals surface area contributed by atoms with E-state index in [2.05, 4.69) is 10.1 Å². The highest BCUT2D eigenvalue weighted by Gasteiger charge is 2.13. The summed E-state index contributed by atoms with van der Waals surface area (Å²) < 4.78 is 1.62. The van der Waals surface area contributed by atoms with Crippen LogP contribution in [0.1, 0.15) is 15.9 Å². The minimum atomic E-state index is -0.0140. The molecule has 0 amide bonds. The Balaban J connectivity index is 2.17. The maximum absolute atomic E-state index is 12.4. The van der Waals surface area contributed by atoms with Crippen molar-refractivity contribution in [1.82, 2.24) is 14.8 Å². The quantitative estimate of drug-likeness (QED) is 0.642. The van der Waals surface area contributed by atoms with Gasteiger partial charge in [0.05, 0.1) is 11.8 Å². The van der Waals surface area contributed by atoms with E-state index < -0.39 is 0 Å². The van der Waals surface area contributed by atoms with Crippen LogP contribution >= 0.6 is 0 Å². The molecule has 0 atom stereocenters. The average Bonchev–Trinajstić information content (AvgIpc) is 2.84. The first kappa shape index (κ1) is 10.7. The Morgan fingerprint density at radius 3 is 2.89 bits per heavy atom. The molecule has 0 unspecified atom stereocenters. The predicted octanol–water partition coefficient (Wildman–Crippen LogP) is 2.20. The number of carbonyl (C=O) groups excluding carboxylic acids is 1. The molecule has 1 aromatic carbocycles. The maximum Gasteiger partial charge on any atom is 0.196 e. The van der Waals surface area contributed by atoms with Crippen molar-refractivity contribution in [3.8, 4) is 0 Å². The van der Waals surface area contributed by atoms with Gasteiger partial charge in [-0.3, -0.25) is 14.5 Å². The van der Waals surface area contributed by atoms with Crippen LogP contribution in [0.2, 0.25) is 0 Å². The van der Waals surface area contributed by atoms with Crippen LogP contribution in [0.15, 0.2) is 49.1 Å². The number of nitrogens with zero attached hydrogens (tertiary/aromatic N) is 3. The summed E-state index contributed by atoms with van der Waals surface area (Å²) >= 11 is 0. The van der Waals surface area contributed by atoms with Gasteiger partial charge in [-0.2, -0.15) is 5.10 Å². The monoisotopic (exact) mass is 237 g/mol. The molecule has 0 aliphatic carbocycles. The lowest BCUT2D eigenvalue weighted by Crippen LogP contribution is -2.01. The van der Waals surface area contributed by atoms with Crippen LogP contribution in [0, 0.1) is 0 Å². The summed E-state index contributed by atoms with van der Waals surface area (Å²) in [6, 6.07) is 7.51. The second-order valence-electron chi connectivity index (χ2n) is 4.13. The number of hydrogen-bond acceptors (Lipinski definition) is 3. The molecule has 0 saturated carbocycles. The van der Waals surface area contributed by atoms with E-state index in [1.54, 1.807) is 36.5 Å². The Hall–Kier alpha value is -2.49. The van der Waals surface area contributed by atoms with Crippen molar-refractivity contribution in [3.05, 3.63) is 60.2 Å². The number of pyridine rings is 1. The zero-order valence-corrected chi connectivity index (χ0v) is 9.87. The summed E-state index contributed by atoms with van der Waals surface area (Å²) in [4.78, 5) is 16.5. The molecule has 4 heteroatoms. The molecule has 2 heterocycles. The molecule has 0 fully saturated rings. The minimum absolute atomic E-state index is 0.0140. The summed E-state index contributed by atoms with van der Waals surface area (Å²) in [5.74, 6) is -0.0140. The van der Waals surface area contributed by atoms with Crippen LogP contribution in [-0.2, 0) is 7.05 Å². The largest absolute Gasteiger partial charge is 0.288 e. The Kier molecular flexibility index (Phi) is 2.41. The maximum atomic E-state index is 12.4. The summed E-state index contributed by atoms with van der Waals surface area (Å²) in [7, 11) is 1.80. The number of carbonyl (C=O) groups is 1. The Morgan fingerprint density at radius 1 is 1.22 bits per heavy atom. The molecular weight excluding hydrogens is 226 g/mol. The predicted molar refractivity (Wildman–Crippen MR) is 68.4 cm³/mol. The van der Waals surface area contributed by atoms with Crippen molar-refractivity contribution in [2.45, 2.75) is 0 Å². The molecule has 3 aromatic rings. The summed E-state index contributed by atoms with van der Waals surface area (Å²) in [5.41, 5.74) is 1.28. The van der Waals surface area contributed by atoms with E-state index in [4.69, 9.17) is 0 Å². The van der Waals surface area contributed by atoms with Gasteiger partial charge in [0.15, 0.2) is 5.78 Å². The van der Waals surface area contributed by atoms with Gasteiger partial charge in [0.1, 0.15) is 0 Å². The van der Waals surface area contributed by atoms with Gasteiger partial charge >= 0.3 is 0 Å². The first-order valence-corrected chi connectivity index (χ1v) is 5.62. The molecule has 0 bridgehead atoms.